The van der Waals surface area contributed by atoms with Gasteiger partial charge in [0.1, 0.15) is 0 Å². The zero-order valence-electron chi connectivity index (χ0n) is 22.0. The molecule has 6 heteroatoms. The number of nitrogens with one attached hydrogen (secondary N) is 2. The number of hydrogen-bond donors (Lipinski definition) is 2. The first-order valence-corrected chi connectivity index (χ1v) is 13.4. The summed E-state index contributed by atoms with van der Waals surface area (Å²) in [5.41, 5.74) is 8.94. The van der Waals surface area contributed by atoms with Crippen LogP contribution in [-0.4, -0.2) is 38.0 Å². The molecule has 1 fully saturated rings. The highest BCUT2D eigenvalue weighted by Crippen LogP contribution is 2.30. The molecule has 0 unspecified atom stereocenters. The molecule has 1 aliphatic carbocycles. The van der Waals surface area contributed by atoms with E-state index in [4.69, 9.17) is 4.74 Å². The molecule has 1 saturated heterocycles. The Balaban J connectivity index is 1.19. The van der Waals surface area contributed by atoms with Crippen LogP contribution in [0.25, 0.3) is 0 Å². The summed E-state index contributed by atoms with van der Waals surface area (Å²) in [6.07, 6.45) is 1.65. The maximum atomic E-state index is 13.2. The van der Waals surface area contributed by atoms with Gasteiger partial charge in [-0.15, -0.1) is 0 Å². The van der Waals surface area contributed by atoms with Crippen LogP contribution in [0.5, 0.6) is 0 Å². The molecule has 0 bridgehead atoms. The number of carbonyl (C=O) groups excluding carboxylic acids is 2. The van der Waals surface area contributed by atoms with E-state index in [1.165, 1.54) is 0 Å². The predicted octanol–water partition coefficient (Wildman–Crippen LogP) is 6.16. The predicted molar refractivity (Wildman–Crippen MR) is 156 cm³/mol. The van der Waals surface area contributed by atoms with Gasteiger partial charge in [0, 0.05) is 52.5 Å². The van der Waals surface area contributed by atoms with Crippen molar-refractivity contribution in [2.75, 3.05) is 41.8 Å². The van der Waals surface area contributed by atoms with Gasteiger partial charge in [-0.1, -0.05) is 36.4 Å². The van der Waals surface area contributed by atoms with Crippen LogP contribution in [0.4, 0.5) is 22.7 Å². The summed E-state index contributed by atoms with van der Waals surface area (Å²) < 4.78 is 5.45. The maximum absolute atomic E-state index is 13.2. The Labute approximate surface area is 228 Å². The van der Waals surface area contributed by atoms with Gasteiger partial charge in [-0.05, 0) is 85.0 Å². The Morgan fingerprint density at radius 3 is 2.44 bits per heavy atom. The monoisotopic (exact) mass is 517 g/mol. The number of carbonyl (C=O) groups is 2. The van der Waals surface area contributed by atoms with Crippen molar-refractivity contribution >= 4 is 34.4 Å². The van der Waals surface area contributed by atoms with E-state index in [0.29, 0.717) is 24.5 Å². The number of aryl methyl sites for hydroxylation is 3. The van der Waals surface area contributed by atoms with Crippen molar-refractivity contribution in [3.63, 3.8) is 0 Å². The molecule has 2 aliphatic rings. The fourth-order valence-corrected chi connectivity index (χ4v) is 5.33. The van der Waals surface area contributed by atoms with Crippen LogP contribution in [0.15, 0.2) is 84.9 Å². The summed E-state index contributed by atoms with van der Waals surface area (Å²) in [6.45, 7) is 5.07. The summed E-state index contributed by atoms with van der Waals surface area (Å²) in [7, 11) is 0. The molecular formula is C33H31N3O3. The lowest BCUT2D eigenvalue weighted by Crippen LogP contribution is -2.36. The second-order valence-corrected chi connectivity index (χ2v) is 10.1. The number of rotatable bonds is 5. The molecule has 0 atom stereocenters. The highest BCUT2D eigenvalue weighted by atomic mass is 16.5. The molecule has 0 saturated carbocycles. The summed E-state index contributed by atoms with van der Waals surface area (Å²) in [5.74, 6) is -0.0637. The quantitative estimate of drug-likeness (QED) is 0.332. The number of nitrogens with zero attached hydrogens (tertiary/aromatic N) is 1. The van der Waals surface area contributed by atoms with Crippen LogP contribution < -0.4 is 15.5 Å². The van der Waals surface area contributed by atoms with Gasteiger partial charge < -0.3 is 20.3 Å². The van der Waals surface area contributed by atoms with Crippen LogP contribution in [0, 0.1) is 6.92 Å². The van der Waals surface area contributed by atoms with E-state index in [-0.39, 0.29) is 11.7 Å². The van der Waals surface area contributed by atoms with Gasteiger partial charge in [-0.3, -0.25) is 9.59 Å². The topological polar surface area (TPSA) is 70.7 Å². The van der Waals surface area contributed by atoms with Gasteiger partial charge in [0.05, 0.1) is 13.2 Å². The van der Waals surface area contributed by atoms with Crippen molar-refractivity contribution in [1.29, 1.82) is 0 Å². The summed E-state index contributed by atoms with van der Waals surface area (Å²) in [6, 6.07) is 27.4. The Kier molecular flexibility index (Phi) is 6.86. The van der Waals surface area contributed by atoms with Gasteiger partial charge in [-0.25, -0.2) is 0 Å². The van der Waals surface area contributed by atoms with E-state index in [9.17, 15) is 9.59 Å². The number of morpholine rings is 1. The number of ether oxygens (including phenoxy) is 1. The molecule has 2 N–H and O–H groups in total. The minimum Gasteiger partial charge on any atom is -0.378 e. The van der Waals surface area contributed by atoms with E-state index >= 15 is 0 Å². The summed E-state index contributed by atoms with van der Waals surface area (Å²) >= 11 is 0. The Hall–Kier alpha value is -4.42. The molecule has 1 amide bonds. The Bertz CT molecular complexity index is 1560. The molecule has 0 spiro atoms. The maximum Gasteiger partial charge on any atom is 0.255 e. The summed E-state index contributed by atoms with van der Waals surface area (Å²) in [4.78, 5) is 28.5. The van der Waals surface area contributed by atoms with Crippen molar-refractivity contribution < 1.29 is 14.3 Å². The van der Waals surface area contributed by atoms with E-state index < -0.39 is 0 Å². The molecule has 0 radical (unpaired) electrons. The van der Waals surface area contributed by atoms with Crippen LogP contribution in [0.1, 0.15) is 43.0 Å². The normalized spacial score (nSPS) is 14.7. The number of amides is 1. The first-order chi connectivity index (χ1) is 19.0. The summed E-state index contributed by atoms with van der Waals surface area (Å²) in [5, 5.41) is 6.55. The molecular weight excluding hydrogens is 486 g/mol. The zero-order chi connectivity index (χ0) is 26.8. The van der Waals surface area contributed by atoms with Gasteiger partial charge in [0.2, 0.25) is 0 Å². The van der Waals surface area contributed by atoms with Gasteiger partial charge in [0.15, 0.2) is 5.78 Å². The van der Waals surface area contributed by atoms with Gasteiger partial charge in [-0.2, -0.15) is 0 Å². The molecule has 1 heterocycles. The second-order valence-electron chi connectivity index (χ2n) is 10.1. The first kappa shape index (κ1) is 24.9. The molecule has 6 rings (SSSR count). The lowest BCUT2D eigenvalue weighted by atomic mass is 9.98. The number of ketones is 1. The highest BCUT2D eigenvalue weighted by Gasteiger charge is 2.21. The molecule has 4 aromatic carbocycles. The number of hydrogen-bond acceptors (Lipinski definition) is 5. The SMILES string of the molecule is Cc1ccc(NC(=O)c2cccc(N3CCOCC3)c2)cc1Nc1ccc2c(c1)CCc1ccccc1C2=O. The average molecular weight is 518 g/mol. The van der Waals surface area contributed by atoms with E-state index in [0.717, 1.165) is 70.8 Å². The van der Waals surface area contributed by atoms with Crippen molar-refractivity contribution in [3.8, 4) is 0 Å². The lowest BCUT2D eigenvalue weighted by molar-refractivity contribution is 0.102. The van der Waals surface area contributed by atoms with Gasteiger partial charge >= 0.3 is 0 Å². The molecule has 39 heavy (non-hydrogen) atoms. The number of benzene rings is 4. The lowest BCUT2D eigenvalue weighted by Gasteiger charge is -2.29. The van der Waals surface area contributed by atoms with Crippen LogP contribution >= 0.6 is 0 Å². The molecule has 1 aliphatic heterocycles. The Morgan fingerprint density at radius 2 is 1.56 bits per heavy atom. The molecule has 0 aromatic heterocycles. The van der Waals surface area contributed by atoms with Crippen molar-refractivity contribution in [2.24, 2.45) is 0 Å². The van der Waals surface area contributed by atoms with Crippen molar-refractivity contribution in [2.45, 2.75) is 19.8 Å². The number of anilines is 4. The van der Waals surface area contributed by atoms with E-state index in [2.05, 4.69) is 21.6 Å². The van der Waals surface area contributed by atoms with E-state index in [1.54, 1.807) is 0 Å². The smallest absolute Gasteiger partial charge is 0.255 e. The molecule has 6 nitrogen and oxygen atoms in total. The van der Waals surface area contributed by atoms with E-state index in [1.807, 2.05) is 85.8 Å². The standard InChI is InChI=1S/C33H31N3O3/c1-22-9-12-27(35-33(38)25-6-4-7-28(20-25)36-15-17-39-18-16-36)21-31(22)34-26-13-14-30-24(19-26)11-10-23-5-2-3-8-29(23)32(30)37/h2-9,12-14,19-21,34H,10-11,15-18H2,1H3,(H,35,38). The van der Waals surface area contributed by atoms with Crippen molar-refractivity contribution in [1.82, 2.24) is 0 Å². The van der Waals surface area contributed by atoms with Crippen LogP contribution in [0.3, 0.4) is 0 Å². The Morgan fingerprint density at radius 1 is 0.795 bits per heavy atom. The van der Waals surface area contributed by atoms with Crippen LogP contribution in [0.2, 0.25) is 0 Å². The third kappa shape index (κ3) is 5.29. The zero-order valence-corrected chi connectivity index (χ0v) is 22.0. The fraction of sp³-hybridized carbons (Fsp3) is 0.212. The first-order valence-electron chi connectivity index (χ1n) is 13.4. The van der Waals surface area contributed by atoms with Crippen LogP contribution in [-0.2, 0) is 17.6 Å². The minimum absolute atomic E-state index is 0.0863. The molecule has 196 valence electrons. The minimum atomic E-state index is -0.150. The molecule has 4 aromatic rings. The second kappa shape index (κ2) is 10.8. The average Bonchev–Trinajstić information content (AvgIpc) is 3.11. The third-order valence-electron chi connectivity index (χ3n) is 7.53. The fourth-order valence-electron chi connectivity index (χ4n) is 5.33. The third-order valence-corrected chi connectivity index (χ3v) is 7.53. The highest BCUT2D eigenvalue weighted by molar-refractivity contribution is 6.11. The van der Waals surface area contributed by atoms with Gasteiger partial charge in [0.25, 0.3) is 5.91 Å². The van der Waals surface area contributed by atoms with Crippen molar-refractivity contribution in [3.05, 3.63) is 118 Å². The number of fused-ring (bicyclic) bond motifs is 2. The largest absolute Gasteiger partial charge is 0.378 e.